The van der Waals surface area contributed by atoms with E-state index in [0.29, 0.717) is 40.9 Å². The highest BCUT2D eigenvalue weighted by molar-refractivity contribution is 6.29. The highest BCUT2D eigenvalue weighted by atomic mass is 16.1. The molecule has 24 heavy (non-hydrogen) atoms. The van der Waals surface area contributed by atoms with Crippen LogP contribution < -0.4 is 5.73 Å². The molecule has 0 saturated carbocycles. The molecule has 2 aromatic carbocycles. The molecular formula is C18H14N4O2. The first-order valence-electron chi connectivity index (χ1n) is 7.64. The minimum atomic E-state index is -0.176. The largest absolute Gasteiger partial charge is 0.330 e. The molecule has 0 amide bonds. The second-order valence-electron chi connectivity index (χ2n) is 5.58. The average Bonchev–Trinajstić information content (AvgIpc) is 3.07. The molecule has 0 radical (unpaired) electrons. The van der Waals surface area contributed by atoms with Crippen LogP contribution in [0, 0.1) is 0 Å². The van der Waals surface area contributed by atoms with Crippen LogP contribution in [0.4, 0.5) is 0 Å². The Morgan fingerprint density at radius 2 is 1.62 bits per heavy atom. The fourth-order valence-corrected chi connectivity index (χ4v) is 3.08. The number of carbonyl (C=O) groups excluding carboxylic acids is 2. The van der Waals surface area contributed by atoms with Crippen LogP contribution >= 0.6 is 0 Å². The van der Waals surface area contributed by atoms with E-state index in [4.69, 9.17) is 5.73 Å². The molecule has 2 N–H and O–H groups in total. The van der Waals surface area contributed by atoms with Crippen LogP contribution in [-0.4, -0.2) is 33.1 Å². The van der Waals surface area contributed by atoms with Gasteiger partial charge in [-0.2, -0.15) is 0 Å². The van der Waals surface area contributed by atoms with Crippen LogP contribution in [-0.2, 0) is 6.42 Å². The number of nitrogens with two attached hydrogens (primary N) is 1. The van der Waals surface area contributed by atoms with Gasteiger partial charge in [0.1, 0.15) is 0 Å². The number of carbonyl (C=O) groups is 2. The van der Waals surface area contributed by atoms with Crippen LogP contribution in [0.25, 0.3) is 5.69 Å². The summed E-state index contributed by atoms with van der Waals surface area (Å²) in [4.78, 5) is 25.8. The quantitative estimate of drug-likeness (QED) is 0.619. The van der Waals surface area contributed by atoms with Crippen molar-refractivity contribution in [1.82, 2.24) is 15.0 Å². The number of benzene rings is 2. The Morgan fingerprint density at radius 1 is 0.917 bits per heavy atom. The molecule has 118 valence electrons. The third-order valence-corrected chi connectivity index (χ3v) is 4.18. The van der Waals surface area contributed by atoms with E-state index in [1.807, 2.05) is 0 Å². The van der Waals surface area contributed by atoms with Crippen molar-refractivity contribution in [2.45, 2.75) is 6.42 Å². The second kappa shape index (κ2) is 5.50. The Morgan fingerprint density at radius 3 is 2.38 bits per heavy atom. The lowest BCUT2D eigenvalue weighted by molar-refractivity contribution is 0.0979. The number of hydrogen-bond donors (Lipinski definition) is 1. The van der Waals surface area contributed by atoms with Gasteiger partial charge in [-0.25, -0.2) is 4.68 Å². The Hall–Kier alpha value is -3.12. The lowest BCUT2D eigenvalue weighted by Gasteiger charge is -2.20. The fraction of sp³-hybridized carbons (Fsp3) is 0.111. The maximum atomic E-state index is 13.0. The Labute approximate surface area is 137 Å². The first kappa shape index (κ1) is 14.5. The Balaban J connectivity index is 1.96. The van der Waals surface area contributed by atoms with Gasteiger partial charge >= 0.3 is 0 Å². The summed E-state index contributed by atoms with van der Waals surface area (Å²) in [6.45, 7) is 0.443. The van der Waals surface area contributed by atoms with Crippen LogP contribution in [0.15, 0.2) is 48.7 Å². The van der Waals surface area contributed by atoms with Crippen molar-refractivity contribution in [3.8, 4) is 5.69 Å². The molecule has 1 aliphatic rings. The van der Waals surface area contributed by atoms with E-state index in [1.54, 1.807) is 53.3 Å². The van der Waals surface area contributed by atoms with E-state index in [-0.39, 0.29) is 11.6 Å². The monoisotopic (exact) mass is 318 g/mol. The molecule has 6 nitrogen and oxygen atoms in total. The summed E-state index contributed by atoms with van der Waals surface area (Å²) in [7, 11) is 0. The lowest BCUT2D eigenvalue weighted by Crippen LogP contribution is -2.23. The summed E-state index contributed by atoms with van der Waals surface area (Å²) in [5.41, 5.74) is 8.60. The predicted octanol–water partition coefficient (Wildman–Crippen LogP) is 1.54. The van der Waals surface area contributed by atoms with Gasteiger partial charge in [0.05, 0.1) is 23.1 Å². The summed E-state index contributed by atoms with van der Waals surface area (Å²) in [6, 6.07) is 12.1. The zero-order valence-corrected chi connectivity index (χ0v) is 12.8. The smallest absolute Gasteiger partial charge is 0.196 e. The summed E-state index contributed by atoms with van der Waals surface area (Å²) >= 11 is 0. The maximum absolute atomic E-state index is 13.0. The molecule has 1 aliphatic carbocycles. The van der Waals surface area contributed by atoms with Crippen LogP contribution in [0.1, 0.15) is 37.5 Å². The molecule has 4 rings (SSSR count). The minimum absolute atomic E-state index is 0.150. The molecule has 6 heteroatoms. The van der Waals surface area contributed by atoms with Crippen molar-refractivity contribution in [2.24, 2.45) is 5.73 Å². The summed E-state index contributed by atoms with van der Waals surface area (Å²) in [5, 5.41) is 7.99. The molecule has 0 spiro atoms. The van der Waals surface area contributed by atoms with Crippen LogP contribution in [0.3, 0.4) is 0 Å². The van der Waals surface area contributed by atoms with E-state index in [2.05, 4.69) is 10.3 Å². The minimum Gasteiger partial charge on any atom is -0.330 e. The first-order valence-corrected chi connectivity index (χ1v) is 7.64. The van der Waals surface area contributed by atoms with Crippen molar-refractivity contribution in [3.05, 3.63) is 76.6 Å². The normalized spacial score (nSPS) is 12.9. The SMILES string of the molecule is NCCc1cnnn1-c1cccc2c1C(=O)c1ccccc1C2=O. The molecule has 0 aliphatic heterocycles. The van der Waals surface area contributed by atoms with Gasteiger partial charge in [0.2, 0.25) is 0 Å². The summed E-state index contributed by atoms with van der Waals surface area (Å²) in [5.74, 6) is -0.326. The van der Waals surface area contributed by atoms with Gasteiger partial charge in [0.25, 0.3) is 0 Å². The summed E-state index contributed by atoms with van der Waals surface area (Å²) in [6.07, 6.45) is 2.20. The Kier molecular flexibility index (Phi) is 3.32. The molecule has 0 saturated heterocycles. The van der Waals surface area contributed by atoms with Crippen molar-refractivity contribution in [2.75, 3.05) is 6.54 Å². The summed E-state index contributed by atoms with van der Waals surface area (Å²) < 4.78 is 1.59. The third kappa shape index (κ3) is 2.00. The van der Waals surface area contributed by atoms with Gasteiger partial charge in [-0.1, -0.05) is 41.6 Å². The van der Waals surface area contributed by atoms with Gasteiger partial charge in [-0.15, -0.1) is 5.10 Å². The van der Waals surface area contributed by atoms with E-state index in [0.717, 1.165) is 5.69 Å². The molecular weight excluding hydrogens is 304 g/mol. The van der Waals surface area contributed by atoms with Gasteiger partial charge in [0, 0.05) is 23.1 Å². The fourth-order valence-electron chi connectivity index (χ4n) is 3.08. The molecule has 3 aromatic rings. The number of ketones is 2. The maximum Gasteiger partial charge on any atom is 0.196 e. The number of hydrogen-bond acceptors (Lipinski definition) is 5. The number of fused-ring (bicyclic) bond motifs is 2. The molecule has 1 aromatic heterocycles. The number of rotatable bonds is 3. The molecule has 1 heterocycles. The molecule has 0 atom stereocenters. The zero-order valence-electron chi connectivity index (χ0n) is 12.8. The van der Waals surface area contributed by atoms with E-state index in [9.17, 15) is 9.59 Å². The van der Waals surface area contributed by atoms with Crippen molar-refractivity contribution in [1.29, 1.82) is 0 Å². The van der Waals surface area contributed by atoms with Gasteiger partial charge in [0.15, 0.2) is 11.6 Å². The predicted molar refractivity (Wildman–Crippen MR) is 87.4 cm³/mol. The highest BCUT2D eigenvalue weighted by Crippen LogP contribution is 2.31. The van der Waals surface area contributed by atoms with E-state index < -0.39 is 0 Å². The standard InChI is InChI=1S/C18H14N4O2/c19-9-8-11-10-20-21-22(11)15-7-3-6-14-16(15)18(24)13-5-2-1-4-12(13)17(14)23/h1-7,10H,8-9,19H2. The molecule has 0 fully saturated rings. The van der Waals surface area contributed by atoms with Gasteiger partial charge in [-0.05, 0) is 12.6 Å². The van der Waals surface area contributed by atoms with E-state index >= 15 is 0 Å². The van der Waals surface area contributed by atoms with Crippen molar-refractivity contribution >= 4 is 11.6 Å². The molecule has 0 bridgehead atoms. The number of aromatic nitrogens is 3. The topological polar surface area (TPSA) is 90.9 Å². The van der Waals surface area contributed by atoms with Crippen LogP contribution in [0.2, 0.25) is 0 Å². The van der Waals surface area contributed by atoms with Crippen molar-refractivity contribution in [3.63, 3.8) is 0 Å². The number of nitrogens with zero attached hydrogens (tertiary/aromatic N) is 3. The van der Waals surface area contributed by atoms with Gasteiger partial charge in [-0.3, -0.25) is 9.59 Å². The average molecular weight is 318 g/mol. The van der Waals surface area contributed by atoms with Gasteiger partial charge < -0.3 is 5.73 Å². The highest BCUT2D eigenvalue weighted by Gasteiger charge is 2.32. The Bertz CT molecular complexity index is 975. The zero-order chi connectivity index (χ0) is 16.7. The van der Waals surface area contributed by atoms with Crippen LogP contribution in [0.5, 0.6) is 0 Å². The molecule has 0 unspecified atom stereocenters. The van der Waals surface area contributed by atoms with Crippen molar-refractivity contribution < 1.29 is 9.59 Å². The first-order chi connectivity index (χ1) is 11.7. The third-order valence-electron chi connectivity index (χ3n) is 4.18. The lowest BCUT2D eigenvalue weighted by atomic mass is 9.83. The van der Waals surface area contributed by atoms with E-state index in [1.165, 1.54) is 0 Å². The second-order valence-corrected chi connectivity index (χ2v) is 5.58.